The van der Waals surface area contributed by atoms with E-state index in [0.29, 0.717) is 25.3 Å². The van der Waals surface area contributed by atoms with Gasteiger partial charge < -0.3 is 18.8 Å². The first kappa shape index (κ1) is 29.3. The topological polar surface area (TPSA) is 79.2 Å². The van der Waals surface area contributed by atoms with Gasteiger partial charge in [0.15, 0.2) is 11.5 Å². The Hall–Kier alpha value is -4.38. The highest BCUT2D eigenvalue weighted by molar-refractivity contribution is 7.86. The fourth-order valence-electron chi connectivity index (χ4n) is 6.51. The number of hydrogen-bond donors (Lipinski definition) is 0. The lowest BCUT2D eigenvalue weighted by Crippen LogP contribution is -2.40. The molecule has 0 saturated carbocycles. The molecular weight excluding hydrogens is 595 g/mol. The van der Waals surface area contributed by atoms with E-state index in [1.807, 2.05) is 53.1 Å². The Bertz CT molecular complexity index is 1980. The van der Waals surface area contributed by atoms with Gasteiger partial charge in [0.2, 0.25) is 0 Å². The third-order valence-electron chi connectivity index (χ3n) is 8.81. The van der Waals surface area contributed by atoms with Crippen molar-refractivity contribution in [3.8, 4) is 17.2 Å². The van der Waals surface area contributed by atoms with E-state index in [0.717, 1.165) is 64.3 Å². The van der Waals surface area contributed by atoms with Gasteiger partial charge >= 0.3 is 0 Å². The number of hydrogen-bond acceptors (Lipinski definition) is 7. The third-order valence-corrected chi connectivity index (χ3v) is 10.1. The average Bonchev–Trinajstić information content (AvgIpc) is 3.37. The molecular formula is C35H33FN2O6S. The van der Waals surface area contributed by atoms with E-state index in [-0.39, 0.29) is 17.7 Å². The first-order valence-electron chi connectivity index (χ1n) is 14.8. The van der Waals surface area contributed by atoms with Crippen molar-refractivity contribution in [2.45, 2.75) is 43.7 Å². The molecule has 0 N–H and O–H groups in total. The van der Waals surface area contributed by atoms with Crippen LogP contribution in [0.5, 0.6) is 17.2 Å². The summed E-state index contributed by atoms with van der Waals surface area (Å²) in [7, 11) is -0.815. The molecule has 0 fully saturated rings. The number of rotatable bonds is 9. The summed E-state index contributed by atoms with van der Waals surface area (Å²) < 4.78 is 64.6. The molecule has 0 spiro atoms. The van der Waals surface area contributed by atoms with Crippen LogP contribution in [0.25, 0.3) is 10.9 Å². The predicted octanol–water partition coefficient (Wildman–Crippen LogP) is 6.40. The molecule has 232 valence electrons. The lowest BCUT2D eigenvalue weighted by atomic mass is 9.85. The molecule has 0 aliphatic carbocycles. The number of fused-ring (bicyclic) bond motifs is 6. The minimum atomic E-state index is -4.11. The molecule has 5 aromatic rings. The van der Waals surface area contributed by atoms with Gasteiger partial charge in [0.1, 0.15) is 24.9 Å². The van der Waals surface area contributed by atoms with E-state index < -0.39 is 15.9 Å². The van der Waals surface area contributed by atoms with Crippen molar-refractivity contribution < 1.29 is 31.2 Å². The smallest absolute Gasteiger partial charge is 0.298 e. The standard InChI is InChI=1S/C35H33FN2O6S/c1-41-26-10-13-31-29(17-26)30-18-32-28-19-35(43-21-23-6-4-3-5-7-23)34(42-2)16-24(28)14-15-37(32)20-33(30)38(31)22-44-45(39,40)27-11-8-25(36)9-12-27/h3-13,16-17,19,32H,14-15,18,20-22H2,1-2H3. The van der Waals surface area contributed by atoms with Crippen molar-refractivity contribution in [2.24, 2.45) is 0 Å². The molecule has 1 atom stereocenters. The van der Waals surface area contributed by atoms with E-state index in [2.05, 4.69) is 17.0 Å². The maximum atomic E-state index is 13.4. The van der Waals surface area contributed by atoms with Crippen LogP contribution in [-0.2, 0) is 47.0 Å². The summed E-state index contributed by atoms with van der Waals surface area (Å²) in [6.07, 6.45) is 1.56. The summed E-state index contributed by atoms with van der Waals surface area (Å²) in [5.74, 6) is 1.63. The van der Waals surface area contributed by atoms with Crippen molar-refractivity contribution >= 4 is 21.0 Å². The van der Waals surface area contributed by atoms with Crippen molar-refractivity contribution in [3.05, 3.63) is 119 Å². The van der Waals surface area contributed by atoms with Crippen molar-refractivity contribution in [3.63, 3.8) is 0 Å². The van der Waals surface area contributed by atoms with Gasteiger partial charge in [-0.15, -0.1) is 0 Å². The minimum Gasteiger partial charge on any atom is -0.497 e. The Morgan fingerprint density at radius 1 is 0.911 bits per heavy atom. The van der Waals surface area contributed by atoms with Gasteiger partial charge in [-0.1, -0.05) is 30.3 Å². The number of halogens is 1. The van der Waals surface area contributed by atoms with Gasteiger partial charge in [0, 0.05) is 30.2 Å². The summed E-state index contributed by atoms with van der Waals surface area (Å²) >= 11 is 0. The number of methoxy groups -OCH3 is 2. The summed E-state index contributed by atoms with van der Waals surface area (Å²) in [5.41, 5.74) is 6.50. The van der Waals surface area contributed by atoms with Crippen LogP contribution in [0.3, 0.4) is 0 Å². The zero-order chi connectivity index (χ0) is 31.1. The molecule has 1 aromatic heterocycles. The normalized spacial score (nSPS) is 16.1. The zero-order valence-corrected chi connectivity index (χ0v) is 25.8. The van der Waals surface area contributed by atoms with Gasteiger partial charge in [0.25, 0.3) is 10.1 Å². The number of ether oxygens (including phenoxy) is 3. The van der Waals surface area contributed by atoms with Crippen LogP contribution in [0.2, 0.25) is 0 Å². The van der Waals surface area contributed by atoms with E-state index >= 15 is 0 Å². The van der Waals surface area contributed by atoms with E-state index in [1.54, 1.807) is 14.2 Å². The van der Waals surface area contributed by atoms with Gasteiger partial charge in [-0.05, 0) is 89.7 Å². The number of aromatic nitrogens is 1. The summed E-state index contributed by atoms with van der Waals surface area (Å²) in [4.78, 5) is 2.34. The maximum absolute atomic E-state index is 13.4. The molecule has 0 radical (unpaired) electrons. The number of benzene rings is 4. The molecule has 3 heterocycles. The van der Waals surface area contributed by atoms with Gasteiger partial charge in [-0.3, -0.25) is 4.90 Å². The fourth-order valence-corrected chi connectivity index (χ4v) is 7.36. The van der Waals surface area contributed by atoms with Crippen LogP contribution in [0, 0.1) is 5.82 Å². The average molecular weight is 629 g/mol. The van der Waals surface area contributed by atoms with Crippen molar-refractivity contribution in [1.82, 2.24) is 9.47 Å². The molecule has 0 saturated heterocycles. The van der Waals surface area contributed by atoms with Gasteiger partial charge in [0.05, 0.1) is 24.6 Å². The van der Waals surface area contributed by atoms with Crippen molar-refractivity contribution in [1.29, 1.82) is 0 Å². The second kappa shape index (κ2) is 11.8. The molecule has 0 amide bonds. The molecule has 4 aromatic carbocycles. The highest BCUT2D eigenvalue weighted by atomic mass is 32.2. The van der Waals surface area contributed by atoms with Crippen LogP contribution < -0.4 is 14.2 Å². The maximum Gasteiger partial charge on any atom is 0.298 e. The Morgan fingerprint density at radius 2 is 1.71 bits per heavy atom. The fraction of sp³-hybridized carbons (Fsp3) is 0.257. The minimum absolute atomic E-state index is 0.0932. The largest absolute Gasteiger partial charge is 0.497 e. The second-order valence-corrected chi connectivity index (χ2v) is 12.9. The molecule has 7 rings (SSSR count). The molecule has 2 aliphatic heterocycles. The third kappa shape index (κ3) is 5.54. The SMILES string of the molecule is COc1ccc2c(c1)c1c(n2COS(=O)(=O)c2ccc(F)cc2)CN2CCc3cc(OC)c(OCc4ccccc4)cc3C2C1. The predicted molar refractivity (Wildman–Crippen MR) is 167 cm³/mol. The lowest BCUT2D eigenvalue weighted by Gasteiger charge is -2.41. The Kier molecular flexibility index (Phi) is 7.72. The monoisotopic (exact) mass is 628 g/mol. The van der Waals surface area contributed by atoms with Crippen LogP contribution in [0.15, 0.2) is 89.8 Å². The second-order valence-electron chi connectivity index (χ2n) is 11.3. The molecule has 10 heteroatoms. The Balaban J connectivity index is 1.24. The lowest BCUT2D eigenvalue weighted by molar-refractivity contribution is 0.149. The first-order valence-corrected chi connectivity index (χ1v) is 16.2. The molecule has 8 nitrogen and oxygen atoms in total. The van der Waals surface area contributed by atoms with Crippen LogP contribution in [0.4, 0.5) is 4.39 Å². The van der Waals surface area contributed by atoms with Crippen molar-refractivity contribution in [2.75, 3.05) is 20.8 Å². The van der Waals surface area contributed by atoms with Crippen LogP contribution in [-0.4, -0.2) is 38.6 Å². The van der Waals surface area contributed by atoms with Gasteiger partial charge in [-0.2, -0.15) is 8.42 Å². The Morgan fingerprint density at radius 3 is 2.47 bits per heavy atom. The highest BCUT2D eigenvalue weighted by Gasteiger charge is 2.36. The molecule has 45 heavy (non-hydrogen) atoms. The quantitative estimate of drug-likeness (QED) is 0.175. The molecule has 1 unspecified atom stereocenters. The summed E-state index contributed by atoms with van der Waals surface area (Å²) in [6, 6.07) is 24.8. The summed E-state index contributed by atoms with van der Waals surface area (Å²) in [5, 5.41) is 0.993. The molecule has 0 bridgehead atoms. The Labute approximate surface area is 261 Å². The number of nitrogens with zero attached hydrogens (tertiary/aromatic N) is 2. The van der Waals surface area contributed by atoms with Crippen LogP contribution in [0.1, 0.15) is 34.0 Å². The highest BCUT2D eigenvalue weighted by Crippen LogP contribution is 2.45. The summed E-state index contributed by atoms with van der Waals surface area (Å²) in [6.45, 7) is 1.68. The zero-order valence-electron chi connectivity index (χ0n) is 25.0. The van der Waals surface area contributed by atoms with E-state index in [4.69, 9.17) is 18.4 Å². The van der Waals surface area contributed by atoms with Gasteiger partial charge in [-0.25, -0.2) is 8.57 Å². The van der Waals surface area contributed by atoms with E-state index in [9.17, 15) is 12.8 Å². The van der Waals surface area contributed by atoms with Crippen LogP contribution >= 0.6 is 0 Å². The van der Waals surface area contributed by atoms with E-state index in [1.165, 1.54) is 23.3 Å². The molecule has 2 aliphatic rings. The first-order chi connectivity index (χ1) is 21.8.